The predicted octanol–water partition coefficient (Wildman–Crippen LogP) is 2.23. The Bertz CT molecular complexity index is 1090. The van der Waals surface area contributed by atoms with E-state index in [9.17, 15) is 19.7 Å². The monoisotopic (exact) mass is 371 g/mol. The third-order valence-corrected chi connectivity index (χ3v) is 3.87. The molecule has 0 saturated carbocycles. The maximum absolute atomic E-state index is 12.5. The summed E-state index contributed by atoms with van der Waals surface area (Å²) in [4.78, 5) is 39.1. The van der Waals surface area contributed by atoms with E-state index < -0.39 is 16.4 Å². The van der Waals surface area contributed by atoms with Crippen LogP contribution in [0.5, 0.6) is 0 Å². The van der Waals surface area contributed by atoms with Crippen molar-refractivity contribution in [2.45, 2.75) is 32.7 Å². The minimum absolute atomic E-state index is 0.0641. The molecule has 1 amide bonds. The number of aromatic nitrogens is 3. The van der Waals surface area contributed by atoms with Gasteiger partial charge in [-0.2, -0.15) is 0 Å². The summed E-state index contributed by atoms with van der Waals surface area (Å²) >= 11 is 0. The summed E-state index contributed by atoms with van der Waals surface area (Å²) in [5.74, 6) is -0.345. The third-order valence-electron chi connectivity index (χ3n) is 3.87. The first-order valence-electron chi connectivity index (χ1n) is 8.06. The fourth-order valence-corrected chi connectivity index (χ4v) is 2.39. The molecule has 3 aromatic rings. The lowest BCUT2D eigenvalue weighted by Crippen LogP contribution is -2.27. The fraction of sp³-hybridized carbons (Fsp3) is 0.294. The molecule has 1 N–H and O–H groups in total. The lowest BCUT2D eigenvalue weighted by Gasteiger charge is -2.12. The Balaban J connectivity index is 1.82. The summed E-state index contributed by atoms with van der Waals surface area (Å²) in [5, 5.41) is 17.4. The molecule has 2 heterocycles. The molecule has 0 atom stereocenters. The summed E-state index contributed by atoms with van der Waals surface area (Å²) in [7, 11) is 0. The average molecular weight is 371 g/mol. The number of nitro groups is 1. The molecule has 0 spiro atoms. The summed E-state index contributed by atoms with van der Waals surface area (Å²) in [6, 6.07) is 5.41. The summed E-state index contributed by atoms with van der Waals surface area (Å²) < 4.78 is 6.15. The molecular formula is C17H17N5O5. The van der Waals surface area contributed by atoms with Gasteiger partial charge in [-0.15, -0.1) is 0 Å². The van der Waals surface area contributed by atoms with Gasteiger partial charge in [0.05, 0.1) is 27.8 Å². The van der Waals surface area contributed by atoms with Crippen LogP contribution in [0.1, 0.15) is 26.5 Å². The van der Waals surface area contributed by atoms with E-state index in [1.165, 1.54) is 18.5 Å². The molecule has 140 valence electrons. The van der Waals surface area contributed by atoms with E-state index in [2.05, 4.69) is 15.5 Å². The van der Waals surface area contributed by atoms with Gasteiger partial charge < -0.3 is 4.52 Å². The zero-order valence-corrected chi connectivity index (χ0v) is 14.9. The molecule has 0 fully saturated rings. The van der Waals surface area contributed by atoms with Crippen molar-refractivity contribution in [3.8, 4) is 0 Å². The molecule has 27 heavy (non-hydrogen) atoms. The Morgan fingerprint density at radius 3 is 2.70 bits per heavy atom. The van der Waals surface area contributed by atoms with Crippen LogP contribution in [0.25, 0.3) is 10.9 Å². The summed E-state index contributed by atoms with van der Waals surface area (Å²) in [5.41, 5.74) is -0.0193. The van der Waals surface area contributed by atoms with E-state index in [4.69, 9.17) is 4.52 Å². The van der Waals surface area contributed by atoms with Crippen molar-refractivity contribution >= 4 is 28.4 Å². The number of nitrogens with one attached hydrogen (secondary N) is 1. The van der Waals surface area contributed by atoms with Gasteiger partial charge in [0, 0.05) is 23.6 Å². The van der Waals surface area contributed by atoms with E-state index in [1.54, 1.807) is 6.07 Å². The highest BCUT2D eigenvalue weighted by molar-refractivity contribution is 5.89. The predicted molar refractivity (Wildman–Crippen MR) is 96.5 cm³/mol. The number of nitro benzene ring substituents is 1. The topological polar surface area (TPSA) is 133 Å². The molecular weight excluding hydrogens is 354 g/mol. The van der Waals surface area contributed by atoms with Crippen LogP contribution in [0.4, 0.5) is 11.6 Å². The van der Waals surface area contributed by atoms with Gasteiger partial charge in [0.25, 0.3) is 11.2 Å². The molecule has 0 radical (unpaired) electrons. The highest BCUT2D eigenvalue weighted by Crippen LogP contribution is 2.23. The van der Waals surface area contributed by atoms with E-state index in [1.807, 2.05) is 20.8 Å². The molecule has 0 aliphatic carbocycles. The van der Waals surface area contributed by atoms with Crippen molar-refractivity contribution in [1.82, 2.24) is 14.7 Å². The molecule has 10 heteroatoms. The van der Waals surface area contributed by atoms with Gasteiger partial charge in [-0.3, -0.25) is 29.6 Å². The molecule has 1 aromatic carbocycles. The second-order valence-corrected chi connectivity index (χ2v) is 7.01. The number of amides is 1. The van der Waals surface area contributed by atoms with Gasteiger partial charge in [0.15, 0.2) is 0 Å². The van der Waals surface area contributed by atoms with Gasteiger partial charge in [-0.05, 0) is 6.07 Å². The zero-order valence-electron chi connectivity index (χ0n) is 14.9. The maximum atomic E-state index is 12.5. The van der Waals surface area contributed by atoms with Crippen LogP contribution in [0, 0.1) is 10.1 Å². The van der Waals surface area contributed by atoms with Crippen LogP contribution >= 0.6 is 0 Å². The van der Waals surface area contributed by atoms with Crippen LogP contribution in [0.3, 0.4) is 0 Å². The van der Waals surface area contributed by atoms with Crippen molar-refractivity contribution in [1.29, 1.82) is 0 Å². The minimum Gasteiger partial charge on any atom is -0.338 e. The Kier molecular flexibility index (Phi) is 4.48. The van der Waals surface area contributed by atoms with E-state index in [0.29, 0.717) is 11.2 Å². The number of hydrogen-bond donors (Lipinski definition) is 1. The maximum Gasteiger partial charge on any atom is 0.270 e. The number of carbonyl (C=O) groups is 1. The van der Waals surface area contributed by atoms with Gasteiger partial charge in [0.1, 0.15) is 6.54 Å². The molecule has 3 rings (SSSR count). The smallest absolute Gasteiger partial charge is 0.270 e. The Morgan fingerprint density at radius 2 is 2.07 bits per heavy atom. The van der Waals surface area contributed by atoms with E-state index in [0.717, 1.165) is 10.6 Å². The second kappa shape index (κ2) is 6.63. The molecule has 10 nitrogen and oxygen atoms in total. The molecule has 2 aromatic heterocycles. The highest BCUT2D eigenvalue weighted by Gasteiger charge is 2.20. The van der Waals surface area contributed by atoms with Crippen molar-refractivity contribution in [2.75, 3.05) is 5.32 Å². The fourth-order valence-electron chi connectivity index (χ4n) is 2.39. The first-order valence-corrected chi connectivity index (χ1v) is 8.06. The first kappa shape index (κ1) is 18.2. The SMILES string of the molecule is CC(C)(C)c1cc(NC(=O)Cn2cnc3ccc([N+](=O)[O-])cc3c2=O)on1. The Morgan fingerprint density at radius 1 is 1.33 bits per heavy atom. The van der Waals surface area contributed by atoms with Crippen molar-refractivity contribution in [2.24, 2.45) is 0 Å². The highest BCUT2D eigenvalue weighted by atomic mass is 16.6. The molecule has 0 aliphatic rings. The summed E-state index contributed by atoms with van der Waals surface area (Å²) in [6.45, 7) is 5.54. The number of carbonyl (C=O) groups excluding carboxylic acids is 1. The van der Waals surface area contributed by atoms with Gasteiger partial charge in [-0.1, -0.05) is 25.9 Å². The number of rotatable bonds is 4. The summed E-state index contributed by atoms with van der Waals surface area (Å²) in [6.07, 6.45) is 1.22. The van der Waals surface area contributed by atoms with Crippen molar-refractivity contribution in [3.63, 3.8) is 0 Å². The van der Waals surface area contributed by atoms with Crippen LogP contribution in [0.15, 0.2) is 39.9 Å². The largest absolute Gasteiger partial charge is 0.338 e. The van der Waals surface area contributed by atoms with E-state index in [-0.39, 0.29) is 28.9 Å². The van der Waals surface area contributed by atoms with Crippen LogP contribution < -0.4 is 10.9 Å². The number of nitrogens with zero attached hydrogens (tertiary/aromatic N) is 4. The van der Waals surface area contributed by atoms with Gasteiger partial charge >= 0.3 is 0 Å². The van der Waals surface area contributed by atoms with Crippen molar-refractivity contribution in [3.05, 3.63) is 56.8 Å². The molecule has 0 bridgehead atoms. The van der Waals surface area contributed by atoms with Crippen LogP contribution in [0.2, 0.25) is 0 Å². The average Bonchev–Trinajstić information content (AvgIpc) is 3.06. The minimum atomic E-state index is -0.598. The van der Waals surface area contributed by atoms with E-state index >= 15 is 0 Å². The lowest BCUT2D eigenvalue weighted by atomic mass is 9.92. The number of hydrogen-bond acceptors (Lipinski definition) is 7. The molecule has 0 aliphatic heterocycles. The quantitative estimate of drug-likeness (QED) is 0.549. The first-order chi connectivity index (χ1) is 12.6. The lowest BCUT2D eigenvalue weighted by molar-refractivity contribution is -0.384. The second-order valence-electron chi connectivity index (χ2n) is 7.01. The zero-order chi connectivity index (χ0) is 19.8. The van der Waals surface area contributed by atoms with Gasteiger partial charge in [-0.25, -0.2) is 4.98 Å². The van der Waals surface area contributed by atoms with Crippen LogP contribution in [-0.2, 0) is 16.8 Å². The normalized spacial score (nSPS) is 11.5. The number of anilines is 1. The number of fused-ring (bicyclic) bond motifs is 1. The molecule has 0 saturated heterocycles. The number of benzene rings is 1. The van der Waals surface area contributed by atoms with Crippen LogP contribution in [-0.4, -0.2) is 25.5 Å². The molecule has 0 unspecified atom stereocenters. The van der Waals surface area contributed by atoms with Crippen molar-refractivity contribution < 1.29 is 14.2 Å². The van der Waals surface area contributed by atoms with Gasteiger partial charge in [0.2, 0.25) is 11.8 Å². The standard InChI is InChI=1S/C17H17N5O5/c1-17(2,3)13-7-15(27-20-13)19-14(23)8-21-9-18-12-5-4-10(22(25)26)6-11(12)16(21)24/h4-7,9H,8H2,1-3H3,(H,19,23). The Hall–Kier alpha value is -3.56. The Labute approximate surface area is 153 Å². The third kappa shape index (κ3) is 3.84. The number of non-ortho nitro benzene ring substituents is 1.